The van der Waals surface area contributed by atoms with Gasteiger partial charge in [0.25, 0.3) is 11.8 Å². The monoisotopic (exact) mass is 610 g/mol. The normalized spacial score (nSPS) is 18.5. The molecule has 13 heteroatoms. The molecule has 5 rings (SSSR count). The molecule has 2 aliphatic rings. The molecule has 1 aromatic heterocycles. The van der Waals surface area contributed by atoms with E-state index < -0.39 is 18.7 Å². The van der Waals surface area contributed by atoms with Gasteiger partial charge in [-0.2, -0.15) is 13.9 Å². The predicted molar refractivity (Wildman–Crippen MR) is 153 cm³/mol. The van der Waals surface area contributed by atoms with Crippen molar-refractivity contribution in [2.45, 2.75) is 51.6 Å². The fourth-order valence-corrected chi connectivity index (χ4v) is 5.75. The van der Waals surface area contributed by atoms with Crippen LogP contribution in [0.2, 0.25) is 5.02 Å². The van der Waals surface area contributed by atoms with E-state index in [-0.39, 0.29) is 59.0 Å². The molecule has 3 heterocycles. The average molecular weight is 611 g/mol. The number of hydrogen-bond donors (Lipinski definition) is 0. The molecule has 43 heavy (non-hydrogen) atoms. The lowest BCUT2D eigenvalue weighted by Crippen LogP contribution is -2.49. The number of hydrogen-bond acceptors (Lipinski definition) is 5. The van der Waals surface area contributed by atoms with E-state index in [1.807, 2.05) is 6.92 Å². The van der Waals surface area contributed by atoms with Gasteiger partial charge in [-0.3, -0.25) is 14.4 Å². The molecular formula is C30H29ClF2N6O4. The van der Waals surface area contributed by atoms with Crippen molar-refractivity contribution >= 4 is 35.0 Å². The van der Waals surface area contributed by atoms with E-state index in [1.165, 1.54) is 33.8 Å². The first-order valence-electron chi connectivity index (χ1n) is 13.6. The second-order valence-corrected chi connectivity index (χ2v) is 11.2. The summed E-state index contributed by atoms with van der Waals surface area (Å²) in [6.45, 7) is 8.18. The van der Waals surface area contributed by atoms with E-state index in [2.05, 4.69) is 9.58 Å². The van der Waals surface area contributed by atoms with Crippen molar-refractivity contribution in [2.75, 3.05) is 20.6 Å². The molecule has 0 bridgehead atoms. The molecule has 0 unspecified atom stereocenters. The Morgan fingerprint density at radius 2 is 1.88 bits per heavy atom. The molecule has 0 saturated heterocycles. The summed E-state index contributed by atoms with van der Waals surface area (Å²) in [4.78, 5) is 49.2. The van der Waals surface area contributed by atoms with Crippen molar-refractivity contribution in [2.24, 2.45) is 0 Å². The van der Waals surface area contributed by atoms with Crippen molar-refractivity contribution in [3.8, 4) is 5.75 Å². The zero-order valence-corrected chi connectivity index (χ0v) is 24.7. The minimum Gasteiger partial charge on any atom is -0.435 e. The lowest BCUT2D eigenvalue weighted by Gasteiger charge is -2.38. The highest BCUT2D eigenvalue weighted by Crippen LogP contribution is 2.36. The topological polar surface area (TPSA) is 92.3 Å². The van der Waals surface area contributed by atoms with Crippen molar-refractivity contribution in [1.29, 1.82) is 0 Å². The zero-order valence-electron chi connectivity index (χ0n) is 23.9. The first-order valence-corrected chi connectivity index (χ1v) is 13.9. The third kappa shape index (κ3) is 5.52. The van der Waals surface area contributed by atoms with Crippen molar-refractivity contribution < 1.29 is 27.9 Å². The smallest absolute Gasteiger partial charge is 0.387 e. The number of benzene rings is 2. The molecule has 0 radical (unpaired) electrons. The summed E-state index contributed by atoms with van der Waals surface area (Å²) in [6.07, 6.45) is 0.363. The molecule has 0 N–H and O–H groups in total. The van der Waals surface area contributed by atoms with Gasteiger partial charge in [-0.25, -0.2) is 9.53 Å². The molecule has 0 saturated carbocycles. The van der Waals surface area contributed by atoms with Crippen LogP contribution >= 0.6 is 11.6 Å². The van der Waals surface area contributed by atoms with E-state index in [9.17, 15) is 23.2 Å². The number of aromatic nitrogens is 2. The van der Waals surface area contributed by atoms with Crippen LogP contribution in [0.4, 0.5) is 14.5 Å². The second kappa shape index (κ2) is 11.6. The first-order chi connectivity index (χ1) is 20.4. The van der Waals surface area contributed by atoms with E-state index >= 15 is 0 Å². The SMILES string of the molecule is [C-]#[N+]c1cc(C(=O)N2Cc3c(nn4c3C(=O)N([C@H](C)c3ccc(OC(F)F)cc3)C[C@H]4C(=O)N(C)C)C[C@H]2C)ccc1Cl. The highest BCUT2D eigenvalue weighted by atomic mass is 35.5. The summed E-state index contributed by atoms with van der Waals surface area (Å²) in [5.41, 5.74) is 2.56. The third-order valence-electron chi connectivity index (χ3n) is 7.92. The molecule has 10 nitrogen and oxygen atoms in total. The van der Waals surface area contributed by atoms with Crippen molar-refractivity contribution in [1.82, 2.24) is 24.5 Å². The number of halogens is 3. The van der Waals surface area contributed by atoms with Crippen LogP contribution in [0.25, 0.3) is 4.85 Å². The first kappa shape index (κ1) is 30.0. The van der Waals surface area contributed by atoms with Crippen LogP contribution in [-0.4, -0.2) is 75.5 Å². The fourth-order valence-electron chi connectivity index (χ4n) is 5.59. The molecule has 2 aliphatic heterocycles. The summed E-state index contributed by atoms with van der Waals surface area (Å²) in [6, 6.07) is 8.93. The Morgan fingerprint density at radius 1 is 1.19 bits per heavy atom. The molecule has 3 aromatic rings. The molecule has 0 fully saturated rings. The van der Waals surface area contributed by atoms with Gasteiger partial charge in [-0.1, -0.05) is 35.9 Å². The Hall–Kier alpha value is -4.50. The maximum absolute atomic E-state index is 14.1. The second-order valence-electron chi connectivity index (χ2n) is 10.8. The fraction of sp³-hybridized carbons (Fsp3) is 0.367. The Balaban J connectivity index is 1.52. The van der Waals surface area contributed by atoms with Crippen LogP contribution < -0.4 is 4.74 Å². The van der Waals surface area contributed by atoms with Crippen molar-refractivity contribution in [3.05, 3.63) is 87.0 Å². The third-order valence-corrected chi connectivity index (χ3v) is 8.24. The number of carbonyl (C=O) groups excluding carboxylic acids is 3. The van der Waals surface area contributed by atoms with Gasteiger partial charge >= 0.3 is 6.61 Å². The quantitative estimate of drug-likeness (QED) is 0.361. The van der Waals surface area contributed by atoms with Crippen LogP contribution in [0.5, 0.6) is 5.75 Å². The lowest BCUT2D eigenvalue weighted by atomic mass is 9.96. The van der Waals surface area contributed by atoms with Crippen molar-refractivity contribution in [3.63, 3.8) is 0 Å². The summed E-state index contributed by atoms with van der Waals surface area (Å²) in [7, 11) is 3.26. The Labute approximate surface area is 252 Å². The van der Waals surface area contributed by atoms with E-state index in [0.717, 1.165) is 0 Å². The number of alkyl halides is 2. The molecule has 3 amide bonds. The van der Waals surface area contributed by atoms with Gasteiger partial charge in [-0.15, -0.1) is 0 Å². The molecule has 3 atom stereocenters. The van der Waals surface area contributed by atoms with Crippen LogP contribution in [0.1, 0.15) is 63.6 Å². The lowest BCUT2D eigenvalue weighted by molar-refractivity contribution is -0.133. The van der Waals surface area contributed by atoms with Gasteiger partial charge in [0.15, 0.2) is 0 Å². The van der Waals surface area contributed by atoms with Gasteiger partial charge in [-0.05, 0) is 37.6 Å². The number of fused-ring (bicyclic) bond motifs is 3. The van der Waals surface area contributed by atoms with Crippen LogP contribution in [0, 0.1) is 6.57 Å². The predicted octanol–water partition coefficient (Wildman–Crippen LogP) is 5.12. The van der Waals surface area contributed by atoms with E-state index in [0.29, 0.717) is 28.8 Å². The number of amides is 3. The molecular weight excluding hydrogens is 582 g/mol. The molecule has 0 aliphatic carbocycles. The minimum absolute atomic E-state index is 0.00758. The summed E-state index contributed by atoms with van der Waals surface area (Å²) in [5, 5.41) is 4.98. The standard InChI is InChI=1S/C30H29ClF2N6O4/c1-16-12-23-21(14-37(16)27(40)19-8-11-22(31)24(13-19)34-3)26-29(42)38(15-25(39(26)35-23)28(41)36(4)5)17(2)18-6-9-20(10-7-18)43-30(32)33/h6-11,13,16-17,25,30H,12,14-15H2,1-2,4-5H3/t16-,17-,25+/m1/s1. The van der Waals surface area contributed by atoms with Crippen LogP contribution in [0.3, 0.4) is 0 Å². The number of carbonyl (C=O) groups is 3. The van der Waals surface area contributed by atoms with Gasteiger partial charge in [0.2, 0.25) is 11.6 Å². The largest absolute Gasteiger partial charge is 0.435 e. The highest BCUT2D eigenvalue weighted by molar-refractivity contribution is 6.33. The number of likely N-dealkylation sites (N-methyl/N-ethyl adjacent to an activating group) is 1. The molecule has 2 aromatic carbocycles. The van der Waals surface area contributed by atoms with E-state index in [1.54, 1.807) is 49.0 Å². The highest BCUT2D eigenvalue weighted by Gasteiger charge is 2.44. The zero-order chi connectivity index (χ0) is 31.2. The average Bonchev–Trinajstić information content (AvgIpc) is 3.34. The van der Waals surface area contributed by atoms with Crippen LogP contribution in [0.15, 0.2) is 42.5 Å². The van der Waals surface area contributed by atoms with Gasteiger partial charge in [0, 0.05) is 42.7 Å². The maximum Gasteiger partial charge on any atom is 0.387 e. The summed E-state index contributed by atoms with van der Waals surface area (Å²) >= 11 is 6.08. The van der Waals surface area contributed by atoms with Gasteiger partial charge < -0.3 is 19.4 Å². The Morgan fingerprint density at radius 3 is 2.51 bits per heavy atom. The minimum atomic E-state index is -2.96. The maximum atomic E-state index is 14.1. The number of rotatable bonds is 6. The van der Waals surface area contributed by atoms with Crippen LogP contribution in [-0.2, 0) is 17.8 Å². The molecule has 224 valence electrons. The summed E-state index contributed by atoms with van der Waals surface area (Å²) < 4.78 is 31.2. The Bertz CT molecular complexity index is 1630. The van der Waals surface area contributed by atoms with E-state index in [4.69, 9.17) is 23.3 Å². The number of nitrogens with zero attached hydrogens (tertiary/aromatic N) is 6. The molecule has 0 spiro atoms. The van der Waals surface area contributed by atoms with Gasteiger partial charge in [0.05, 0.1) is 31.4 Å². The van der Waals surface area contributed by atoms with Gasteiger partial charge in [0.1, 0.15) is 17.5 Å². The number of ether oxygens (including phenoxy) is 1. The summed E-state index contributed by atoms with van der Waals surface area (Å²) in [5.74, 6) is -0.937. The Kier molecular flexibility index (Phi) is 8.12.